The van der Waals surface area contributed by atoms with E-state index in [9.17, 15) is 19.2 Å². The maximum absolute atomic E-state index is 12.4. The minimum Gasteiger partial charge on any atom is -0.454 e. The largest absolute Gasteiger partial charge is 0.454 e. The van der Waals surface area contributed by atoms with E-state index in [4.69, 9.17) is 16.3 Å². The number of anilines is 1. The number of carbonyl (C=O) groups is 4. The molecule has 1 atom stereocenters. The molecule has 0 aromatic heterocycles. The fourth-order valence-corrected chi connectivity index (χ4v) is 3.01. The van der Waals surface area contributed by atoms with Crippen LogP contribution in [0.3, 0.4) is 0 Å². The predicted octanol–water partition coefficient (Wildman–Crippen LogP) is 2.81. The molecule has 0 unspecified atom stereocenters. The Kier molecular flexibility index (Phi) is 5.46. The summed E-state index contributed by atoms with van der Waals surface area (Å²) in [5, 5.41) is 3.05. The molecule has 8 heteroatoms. The van der Waals surface area contributed by atoms with E-state index in [1.54, 1.807) is 37.3 Å². The Morgan fingerprint density at radius 3 is 2.32 bits per heavy atom. The number of hydrogen-bond acceptors (Lipinski definition) is 5. The molecule has 3 amide bonds. The molecule has 1 aliphatic rings. The second kappa shape index (κ2) is 7.82. The van der Waals surface area contributed by atoms with Crippen molar-refractivity contribution in [3.8, 4) is 0 Å². The lowest BCUT2D eigenvalue weighted by molar-refractivity contribution is -0.150. The molecule has 3 rings (SSSR count). The van der Waals surface area contributed by atoms with Crippen LogP contribution in [-0.4, -0.2) is 41.2 Å². The molecule has 0 saturated carbocycles. The van der Waals surface area contributed by atoms with Crippen molar-refractivity contribution in [2.75, 3.05) is 11.9 Å². The highest BCUT2D eigenvalue weighted by Gasteiger charge is 2.41. The van der Waals surface area contributed by atoms with Gasteiger partial charge in [-0.3, -0.25) is 19.3 Å². The molecule has 0 bridgehead atoms. The Balaban J connectivity index is 1.61. The maximum atomic E-state index is 12.4. The first-order valence-electron chi connectivity index (χ1n) is 8.49. The number of aryl methyl sites for hydroxylation is 1. The standard InChI is InChI=1S/C20H17ClN2O5/c1-11-7-8-13(21)9-16(11)22-17(24)10-28-20(27)12(2)23-18(25)14-5-3-4-6-15(14)19(23)26/h3-9,12H,10H2,1-2H3,(H,22,24)/t12-/m0/s1. The van der Waals surface area contributed by atoms with E-state index < -0.39 is 36.3 Å². The van der Waals surface area contributed by atoms with Crippen LogP contribution in [0.2, 0.25) is 5.02 Å². The first kappa shape index (κ1) is 19.6. The lowest BCUT2D eigenvalue weighted by atomic mass is 10.1. The van der Waals surface area contributed by atoms with Gasteiger partial charge in [0.05, 0.1) is 11.1 Å². The molecule has 1 heterocycles. The molecule has 28 heavy (non-hydrogen) atoms. The number of esters is 1. The number of nitrogens with zero attached hydrogens (tertiary/aromatic N) is 1. The van der Waals surface area contributed by atoms with Crippen molar-refractivity contribution in [3.05, 3.63) is 64.2 Å². The number of hydrogen-bond donors (Lipinski definition) is 1. The van der Waals surface area contributed by atoms with Gasteiger partial charge in [0.1, 0.15) is 6.04 Å². The molecule has 2 aromatic carbocycles. The average molecular weight is 401 g/mol. The fraction of sp³-hybridized carbons (Fsp3) is 0.200. The van der Waals surface area contributed by atoms with Crippen molar-refractivity contribution in [1.29, 1.82) is 0 Å². The van der Waals surface area contributed by atoms with E-state index in [-0.39, 0.29) is 11.1 Å². The molecular weight excluding hydrogens is 384 g/mol. The van der Waals surface area contributed by atoms with Crippen LogP contribution in [0.1, 0.15) is 33.2 Å². The number of benzene rings is 2. The first-order valence-corrected chi connectivity index (χ1v) is 8.87. The van der Waals surface area contributed by atoms with Gasteiger partial charge in [-0.15, -0.1) is 0 Å². The Hall–Kier alpha value is -3.19. The van der Waals surface area contributed by atoms with Crippen LogP contribution >= 0.6 is 11.6 Å². The number of nitrogens with one attached hydrogen (secondary N) is 1. The second-order valence-corrected chi connectivity index (χ2v) is 6.75. The molecule has 0 radical (unpaired) electrons. The summed E-state index contributed by atoms with van der Waals surface area (Å²) in [4.78, 5) is 50.0. The van der Waals surface area contributed by atoms with E-state index in [1.165, 1.54) is 19.1 Å². The van der Waals surface area contributed by atoms with Gasteiger partial charge in [0.25, 0.3) is 17.7 Å². The van der Waals surface area contributed by atoms with E-state index in [0.29, 0.717) is 10.7 Å². The van der Waals surface area contributed by atoms with Gasteiger partial charge >= 0.3 is 5.97 Å². The summed E-state index contributed by atoms with van der Waals surface area (Å²) in [7, 11) is 0. The highest BCUT2D eigenvalue weighted by atomic mass is 35.5. The van der Waals surface area contributed by atoms with Crippen LogP contribution in [0, 0.1) is 6.92 Å². The number of imide groups is 1. The highest BCUT2D eigenvalue weighted by molar-refractivity contribution is 6.31. The van der Waals surface area contributed by atoms with Crippen molar-refractivity contribution in [3.63, 3.8) is 0 Å². The Morgan fingerprint density at radius 1 is 1.11 bits per heavy atom. The number of halogens is 1. The van der Waals surface area contributed by atoms with Gasteiger partial charge in [-0.1, -0.05) is 29.8 Å². The summed E-state index contributed by atoms with van der Waals surface area (Å²) in [6.45, 7) is 2.61. The van der Waals surface area contributed by atoms with E-state index in [0.717, 1.165) is 10.5 Å². The van der Waals surface area contributed by atoms with Gasteiger partial charge in [0, 0.05) is 10.7 Å². The van der Waals surface area contributed by atoms with Gasteiger partial charge in [-0.05, 0) is 43.7 Å². The molecule has 144 valence electrons. The van der Waals surface area contributed by atoms with Crippen LogP contribution < -0.4 is 5.32 Å². The summed E-state index contributed by atoms with van der Waals surface area (Å²) in [5.74, 6) is -2.55. The maximum Gasteiger partial charge on any atom is 0.329 e. The third-order valence-corrected chi connectivity index (χ3v) is 4.61. The third-order valence-electron chi connectivity index (χ3n) is 4.37. The van der Waals surface area contributed by atoms with Crippen molar-refractivity contribution in [2.24, 2.45) is 0 Å². The average Bonchev–Trinajstić information content (AvgIpc) is 2.93. The SMILES string of the molecule is Cc1ccc(Cl)cc1NC(=O)COC(=O)[C@H](C)N1C(=O)c2ccccc2C1=O. The van der Waals surface area contributed by atoms with Crippen LogP contribution in [0.25, 0.3) is 0 Å². The number of amides is 3. The zero-order valence-electron chi connectivity index (χ0n) is 15.2. The number of ether oxygens (including phenoxy) is 1. The zero-order valence-corrected chi connectivity index (χ0v) is 15.9. The summed E-state index contributed by atoms with van der Waals surface area (Å²) >= 11 is 5.90. The summed E-state index contributed by atoms with van der Waals surface area (Å²) in [6, 6.07) is 10.2. The fourth-order valence-electron chi connectivity index (χ4n) is 2.84. The molecule has 1 aliphatic heterocycles. The van der Waals surface area contributed by atoms with Crippen molar-refractivity contribution in [1.82, 2.24) is 4.90 Å². The summed E-state index contributed by atoms with van der Waals surface area (Å²) in [5.41, 5.74) is 1.77. The second-order valence-electron chi connectivity index (χ2n) is 6.32. The Bertz CT molecular complexity index is 953. The van der Waals surface area contributed by atoms with Crippen molar-refractivity contribution >= 4 is 41.0 Å². The minimum atomic E-state index is -1.16. The number of fused-ring (bicyclic) bond motifs is 1. The zero-order chi connectivity index (χ0) is 20.4. The number of carbonyl (C=O) groups excluding carboxylic acids is 4. The molecule has 0 fully saturated rings. The van der Waals surface area contributed by atoms with Gasteiger partial charge in [0.2, 0.25) is 0 Å². The third kappa shape index (κ3) is 3.75. The topological polar surface area (TPSA) is 92.8 Å². The molecule has 0 saturated heterocycles. The molecule has 0 aliphatic carbocycles. The van der Waals surface area contributed by atoms with Gasteiger partial charge in [-0.2, -0.15) is 0 Å². The lowest BCUT2D eigenvalue weighted by Gasteiger charge is -2.20. The van der Waals surface area contributed by atoms with Crippen molar-refractivity contribution < 1.29 is 23.9 Å². The predicted molar refractivity (Wildman–Crippen MR) is 102 cm³/mol. The molecule has 7 nitrogen and oxygen atoms in total. The van der Waals surface area contributed by atoms with E-state index in [2.05, 4.69) is 5.32 Å². The van der Waals surface area contributed by atoms with Crippen LogP contribution in [0.5, 0.6) is 0 Å². The Morgan fingerprint density at radius 2 is 1.71 bits per heavy atom. The van der Waals surface area contributed by atoms with E-state index >= 15 is 0 Å². The highest BCUT2D eigenvalue weighted by Crippen LogP contribution is 2.25. The lowest BCUT2D eigenvalue weighted by Crippen LogP contribution is -2.44. The van der Waals surface area contributed by atoms with Crippen LogP contribution in [-0.2, 0) is 14.3 Å². The van der Waals surface area contributed by atoms with Gasteiger partial charge in [0.15, 0.2) is 6.61 Å². The first-order chi connectivity index (χ1) is 13.3. The molecule has 1 N–H and O–H groups in total. The van der Waals surface area contributed by atoms with Gasteiger partial charge < -0.3 is 10.1 Å². The van der Waals surface area contributed by atoms with Gasteiger partial charge in [-0.25, -0.2) is 4.79 Å². The molecule has 0 spiro atoms. The molecule has 2 aromatic rings. The van der Waals surface area contributed by atoms with Crippen LogP contribution in [0.15, 0.2) is 42.5 Å². The van der Waals surface area contributed by atoms with Crippen molar-refractivity contribution in [2.45, 2.75) is 19.9 Å². The monoisotopic (exact) mass is 400 g/mol. The molecular formula is C20H17ClN2O5. The minimum absolute atomic E-state index is 0.237. The van der Waals surface area contributed by atoms with Crippen LogP contribution in [0.4, 0.5) is 5.69 Å². The Labute approximate surface area is 166 Å². The summed E-state index contributed by atoms with van der Waals surface area (Å²) in [6.07, 6.45) is 0. The van der Waals surface area contributed by atoms with E-state index in [1.807, 2.05) is 0 Å². The smallest absolute Gasteiger partial charge is 0.329 e. The number of rotatable bonds is 5. The summed E-state index contributed by atoms with van der Waals surface area (Å²) < 4.78 is 4.99. The quantitative estimate of drug-likeness (QED) is 0.615. The normalized spacial score (nSPS) is 13.9.